The van der Waals surface area contributed by atoms with Crippen LogP contribution >= 0.6 is 0 Å². The molecule has 6 nitrogen and oxygen atoms in total. The smallest absolute Gasteiger partial charge is 0.221 e. The van der Waals surface area contributed by atoms with Crippen LogP contribution in [0.3, 0.4) is 0 Å². The van der Waals surface area contributed by atoms with E-state index < -0.39 is 9.84 Å². The van der Waals surface area contributed by atoms with E-state index in [9.17, 15) is 18.3 Å². The highest BCUT2D eigenvalue weighted by molar-refractivity contribution is 7.90. The van der Waals surface area contributed by atoms with Gasteiger partial charge in [0.15, 0.2) is 0 Å². The number of carbonyl (C=O) groups excluding carboxylic acids is 1. The first kappa shape index (κ1) is 16.9. The van der Waals surface area contributed by atoms with Crippen molar-refractivity contribution < 1.29 is 18.3 Å². The summed E-state index contributed by atoms with van der Waals surface area (Å²) in [6.45, 7) is 0. The van der Waals surface area contributed by atoms with Crippen LogP contribution in [-0.2, 0) is 21.1 Å². The fourth-order valence-corrected chi connectivity index (χ4v) is 3.18. The van der Waals surface area contributed by atoms with E-state index in [0.29, 0.717) is 19.3 Å². The Morgan fingerprint density at radius 2 is 2.05 bits per heavy atom. The maximum atomic E-state index is 12.0. The average molecular weight is 326 g/mol. The van der Waals surface area contributed by atoms with Crippen molar-refractivity contribution >= 4 is 15.7 Å². The molecule has 1 amide bonds. The number of nitrogens with zero attached hydrogens (tertiary/aromatic N) is 1. The van der Waals surface area contributed by atoms with Crippen molar-refractivity contribution in [3.63, 3.8) is 0 Å². The lowest BCUT2D eigenvalue weighted by atomic mass is 9.75. The molecule has 1 atom stereocenters. The molecule has 1 saturated carbocycles. The van der Waals surface area contributed by atoms with E-state index in [1.807, 2.05) is 12.1 Å². The summed E-state index contributed by atoms with van der Waals surface area (Å²) in [6.07, 6.45) is 6.20. The first-order valence-electron chi connectivity index (χ1n) is 7.37. The quantitative estimate of drug-likeness (QED) is 0.752. The Kier molecular flexibility index (Phi) is 5.52. The maximum Gasteiger partial charge on any atom is 0.221 e. The molecule has 1 heterocycles. The molecule has 0 saturated heterocycles. The molecule has 2 N–H and O–H groups in total. The lowest BCUT2D eigenvalue weighted by molar-refractivity contribution is -0.122. The lowest BCUT2D eigenvalue weighted by Crippen LogP contribution is -2.48. The predicted octanol–water partition coefficient (Wildman–Crippen LogP) is 0.315. The molecule has 1 aromatic rings. The minimum Gasteiger partial charge on any atom is -0.393 e. The summed E-state index contributed by atoms with van der Waals surface area (Å²) in [5, 5.41) is 12.4. The molecule has 122 valence electrons. The zero-order chi connectivity index (χ0) is 16.2. The summed E-state index contributed by atoms with van der Waals surface area (Å²) >= 11 is 0. The molecule has 0 aliphatic heterocycles. The largest absolute Gasteiger partial charge is 0.393 e. The molecule has 0 spiro atoms. The van der Waals surface area contributed by atoms with Crippen LogP contribution in [0.15, 0.2) is 24.5 Å². The van der Waals surface area contributed by atoms with E-state index in [1.165, 1.54) is 0 Å². The first-order chi connectivity index (χ1) is 10.3. The number of aliphatic hydroxyl groups is 1. The van der Waals surface area contributed by atoms with Crippen LogP contribution in [0.25, 0.3) is 0 Å². The van der Waals surface area contributed by atoms with Crippen molar-refractivity contribution in [3.05, 3.63) is 30.1 Å². The molecule has 0 radical (unpaired) electrons. The summed E-state index contributed by atoms with van der Waals surface area (Å²) in [5.41, 5.74) is 1.06. The minimum absolute atomic E-state index is 0.0268. The van der Waals surface area contributed by atoms with Gasteiger partial charge in [0.05, 0.1) is 11.9 Å². The molecule has 0 aromatic carbocycles. The fraction of sp³-hybridized carbons (Fsp3) is 0.600. The molecular weight excluding hydrogens is 304 g/mol. The van der Waals surface area contributed by atoms with E-state index in [0.717, 1.165) is 11.8 Å². The molecule has 2 rings (SSSR count). The van der Waals surface area contributed by atoms with Crippen molar-refractivity contribution in [2.45, 2.75) is 37.8 Å². The number of aliphatic hydroxyl groups excluding tert-OH is 1. The molecule has 1 aromatic heterocycles. The molecule has 1 aliphatic carbocycles. The Hall–Kier alpha value is -1.47. The van der Waals surface area contributed by atoms with E-state index in [-0.39, 0.29) is 36.1 Å². The standard InChI is InChI=1S/C15H22N2O4S/c1-22(20,21)7-4-15(19)17-14(12-9-13(18)10-12)8-11-2-5-16-6-3-11/h2-3,5-6,12-14,18H,4,7-10H2,1H3,(H,17,19)/t12?,13?,14-/m0/s1. The normalized spacial score (nSPS) is 22.6. The van der Waals surface area contributed by atoms with Crippen LogP contribution in [0.1, 0.15) is 24.8 Å². The van der Waals surface area contributed by atoms with Gasteiger partial charge in [-0.15, -0.1) is 0 Å². The van der Waals surface area contributed by atoms with Crippen LogP contribution in [-0.4, -0.2) is 48.6 Å². The molecule has 1 aliphatic rings. The fourth-order valence-electron chi connectivity index (χ4n) is 2.62. The Labute approximate surface area is 130 Å². The average Bonchev–Trinajstić information content (AvgIpc) is 2.41. The second-order valence-corrected chi connectivity index (χ2v) is 8.26. The summed E-state index contributed by atoms with van der Waals surface area (Å²) in [6, 6.07) is 3.70. The molecule has 0 bridgehead atoms. The van der Waals surface area contributed by atoms with E-state index in [2.05, 4.69) is 10.3 Å². The Morgan fingerprint density at radius 3 is 2.59 bits per heavy atom. The number of amides is 1. The molecular formula is C15H22N2O4S. The highest BCUT2D eigenvalue weighted by Crippen LogP contribution is 2.31. The highest BCUT2D eigenvalue weighted by Gasteiger charge is 2.34. The van der Waals surface area contributed by atoms with Crippen LogP contribution in [0.2, 0.25) is 0 Å². The van der Waals surface area contributed by atoms with Gasteiger partial charge in [-0.05, 0) is 42.9 Å². The Bertz CT molecular complexity index is 597. The van der Waals surface area contributed by atoms with E-state index >= 15 is 0 Å². The molecule has 1 fully saturated rings. The first-order valence-corrected chi connectivity index (χ1v) is 9.43. The summed E-state index contributed by atoms with van der Waals surface area (Å²) in [4.78, 5) is 15.9. The summed E-state index contributed by atoms with van der Waals surface area (Å²) in [7, 11) is -3.14. The third kappa shape index (κ3) is 5.38. The number of sulfone groups is 1. The van der Waals surface area contributed by atoms with Crippen molar-refractivity contribution in [3.8, 4) is 0 Å². The van der Waals surface area contributed by atoms with E-state index in [4.69, 9.17) is 0 Å². The van der Waals surface area contributed by atoms with Gasteiger partial charge in [0.1, 0.15) is 9.84 Å². The monoisotopic (exact) mass is 326 g/mol. The number of hydrogen-bond donors (Lipinski definition) is 2. The van der Waals surface area contributed by atoms with Crippen molar-refractivity contribution in [1.29, 1.82) is 0 Å². The van der Waals surface area contributed by atoms with Crippen molar-refractivity contribution in [1.82, 2.24) is 10.3 Å². The van der Waals surface area contributed by atoms with Gasteiger partial charge >= 0.3 is 0 Å². The van der Waals surface area contributed by atoms with Crippen molar-refractivity contribution in [2.75, 3.05) is 12.0 Å². The van der Waals surface area contributed by atoms with Gasteiger partial charge < -0.3 is 10.4 Å². The Morgan fingerprint density at radius 1 is 1.41 bits per heavy atom. The topological polar surface area (TPSA) is 96.4 Å². The SMILES string of the molecule is CS(=O)(=O)CCC(=O)N[C@@H](Cc1ccncc1)C1CC(O)C1. The number of carbonyl (C=O) groups is 1. The van der Waals surface area contributed by atoms with Crippen LogP contribution < -0.4 is 5.32 Å². The molecule has 22 heavy (non-hydrogen) atoms. The summed E-state index contributed by atoms with van der Waals surface area (Å²) < 4.78 is 22.3. The van der Waals surface area contributed by atoms with Gasteiger partial charge in [0, 0.05) is 31.1 Å². The number of nitrogens with one attached hydrogen (secondary N) is 1. The van der Waals surface area contributed by atoms with Crippen LogP contribution in [0, 0.1) is 5.92 Å². The zero-order valence-corrected chi connectivity index (χ0v) is 13.4. The second kappa shape index (κ2) is 7.19. The number of pyridine rings is 1. The van der Waals surface area contributed by atoms with Gasteiger partial charge in [0.2, 0.25) is 5.91 Å². The number of rotatable bonds is 7. The van der Waals surface area contributed by atoms with Crippen LogP contribution in [0.5, 0.6) is 0 Å². The third-order valence-corrected chi connectivity index (χ3v) is 4.92. The second-order valence-electron chi connectivity index (χ2n) is 6.00. The van der Waals surface area contributed by atoms with Crippen molar-refractivity contribution in [2.24, 2.45) is 5.92 Å². The van der Waals surface area contributed by atoms with Gasteiger partial charge in [-0.3, -0.25) is 9.78 Å². The van der Waals surface area contributed by atoms with Gasteiger partial charge in [-0.2, -0.15) is 0 Å². The van der Waals surface area contributed by atoms with Gasteiger partial charge in [0.25, 0.3) is 0 Å². The number of hydrogen-bond acceptors (Lipinski definition) is 5. The third-order valence-electron chi connectivity index (χ3n) is 3.97. The summed E-state index contributed by atoms with van der Waals surface area (Å²) in [5.74, 6) is -0.176. The lowest BCUT2D eigenvalue weighted by Gasteiger charge is -2.38. The highest BCUT2D eigenvalue weighted by atomic mass is 32.2. The van der Waals surface area contributed by atoms with Crippen LogP contribution in [0.4, 0.5) is 0 Å². The number of aromatic nitrogens is 1. The zero-order valence-electron chi connectivity index (χ0n) is 12.6. The minimum atomic E-state index is -3.14. The van der Waals surface area contributed by atoms with Gasteiger partial charge in [-0.25, -0.2) is 8.42 Å². The maximum absolute atomic E-state index is 12.0. The molecule has 7 heteroatoms. The Balaban J connectivity index is 1.94. The van der Waals surface area contributed by atoms with E-state index in [1.54, 1.807) is 12.4 Å². The predicted molar refractivity (Wildman–Crippen MR) is 82.9 cm³/mol. The molecule has 0 unspecified atom stereocenters. The van der Waals surface area contributed by atoms with Gasteiger partial charge in [-0.1, -0.05) is 0 Å².